The second-order valence-corrected chi connectivity index (χ2v) is 5.38. The summed E-state index contributed by atoms with van der Waals surface area (Å²) in [5.41, 5.74) is 0. The van der Waals surface area contributed by atoms with E-state index in [-0.39, 0.29) is 6.04 Å². The molecule has 3 N–H and O–H groups in total. The summed E-state index contributed by atoms with van der Waals surface area (Å²) >= 11 is 7.76. The third-order valence-electron chi connectivity index (χ3n) is 1.78. The molecule has 0 aliphatic carbocycles. The highest BCUT2D eigenvalue weighted by Crippen LogP contribution is 2.22. The van der Waals surface area contributed by atoms with E-state index in [1.54, 1.807) is 0 Å². The third kappa shape index (κ3) is 3.75. The van der Waals surface area contributed by atoms with Crippen molar-refractivity contribution in [2.45, 2.75) is 31.3 Å². The van der Waals surface area contributed by atoms with Crippen LogP contribution in [0.2, 0.25) is 0 Å². The van der Waals surface area contributed by atoms with E-state index >= 15 is 0 Å². The molecule has 0 radical (unpaired) electrons. The molecule has 0 amide bonds. The van der Waals surface area contributed by atoms with Crippen LogP contribution < -0.4 is 16.0 Å². The number of hydrogen-bond donors (Lipinski definition) is 3. The standard InChI is InChI=1S/C9H18ClN5S/c1-5-11-7-13-8(12-6(2)3)15-9(10,14-7)16-4/h6H,5H2,1-4H3,(H3,11,12,13,14,15). The molecule has 1 aliphatic heterocycles. The van der Waals surface area contributed by atoms with Crippen LogP contribution in [0.15, 0.2) is 9.98 Å². The lowest BCUT2D eigenvalue weighted by Gasteiger charge is -2.35. The maximum atomic E-state index is 6.31. The van der Waals surface area contributed by atoms with Gasteiger partial charge in [0.15, 0.2) is 0 Å². The molecule has 0 aromatic heterocycles. The van der Waals surface area contributed by atoms with E-state index in [0.29, 0.717) is 18.5 Å². The van der Waals surface area contributed by atoms with E-state index in [0.717, 1.165) is 0 Å². The predicted molar refractivity (Wildman–Crippen MR) is 72.1 cm³/mol. The SMILES string of the molecule is CCN=C1NC(=NC(C)C)NC(Cl)(SC)N1. The van der Waals surface area contributed by atoms with E-state index in [9.17, 15) is 0 Å². The molecule has 0 bridgehead atoms. The molecule has 5 nitrogen and oxygen atoms in total. The monoisotopic (exact) mass is 263 g/mol. The molecule has 1 heterocycles. The fraction of sp³-hybridized carbons (Fsp3) is 0.778. The van der Waals surface area contributed by atoms with Crippen molar-refractivity contribution < 1.29 is 0 Å². The van der Waals surface area contributed by atoms with Crippen molar-refractivity contribution in [1.29, 1.82) is 0 Å². The zero-order valence-corrected chi connectivity index (χ0v) is 11.5. The minimum atomic E-state index is -0.785. The Kier molecular flexibility index (Phi) is 4.73. The summed E-state index contributed by atoms with van der Waals surface area (Å²) < 4.78 is -0.785. The highest BCUT2D eigenvalue weighted by molar-refractivity contribution is 8.01. The van der Waals surface area contributed by atoms with Crippen LogP contribution in [-0.2, 0) is 0 Å². The van der Waals surface area contributed by atoms with Gasteiger partial charge in [-0.15, -0.1) is 0 Å². The van der Waals surface area contributed by atoms with Crippen LogP contribution in [0.25, 0.3) is 0 Å². The van der Waals surface area contributed by atoms with Crippen LogP contribution in [0, 0.1) is 0 Å². The first kappa shape index (κ1) is 13.4. The van der Waals surface area contributed by atoms with Gasteiger partial charge in [0.2, 0.25) is 16.4 Å². The summed E-state index contributed by atoms with van der Waals surface area (Å²) in [7, 11) is 0. The Morgan fingerprint density at radius 3 is 2.50 bits per heavy atom. The van der Waals surface area contributed by atoms with Crippen LogP contribution in [0.5, 0.6) is 0 Å². The Morgan fingerprint density at radius 2 is 2.00 bits per heavy atom. The summed E-state index contributed by atoms with van der Waals surface area (Å²) in [6.45, 7) is 6.66. The summed E-state index contributed by atoms with van der Waals surface area (Å²) in [5, 5.41) is 9.19. The zero-order valence-electron chi connectivity index (χ0n) is 9.97. The first-order valence-electron chi connectivity index (χ1n) is 5.18. The summed E-state index contributed by atoms with van der Waals surface area (Å²) in [4.78, 5) is 8.65. The quantitative estimate of drug-likeness (QED) is 0.528. The lowest BCUT2D eigenvalue weighted by atomic mass is 10.4. The molecular weight excluding hydrogens is 246 g/mol. The molecule has 7 heteroatoms. The number of alkyl halides is 1. The highest BCUT2D eigenvalue weighted by Gasteiger charge is 2.33. The molecule has 92 valence electrons. The Balaban J connectivity index is 2.87. The van der Waals surface area contributed by atoms with Crippen molar-refractivity contribution in [2.75, 3.05) is 12.8 Å². The van der Waals surface area contributed by atoms with Gasteiger partial charge in [-0.05, 0) is 27.0 Å². The molecule has 1 rings (SSSR count). The Labute approximate surface area is 106 Å². The number of aliphatic imine (C=N–C) groups is 2. The smallest absolute Gasteiger partial charge is 0.240 e. The Bertz CT molecular complexity index is 304. The van der Waals surface area contributed by atoms with Crippen LogP contribution >= 0.6 is 23.4 Å². The minimum Gasteiger partial charge on any atom is -0.312 e. The zero-order chi connectivity index (χ0) is 12.2. The van der Waals surface area contributed by atoms with Gasteiger partial charge in [0.05, 0.1) is 0 Å². The second-order valence-electron chi connectivity index (χ2n) is 3.57. The molecular formula is C9H18ClN5S. The lowest BCUT2D eigenvalue weighted by molar-refractivity contribution is 0.638. The number of nitrogens with zero attached hydrogens (tertiary/aromatic N) is 2. The van der Waals surface area contributed by atoms with E-state index in [1.165, 1.54) is 11.8 Å². The largest absolute Gasteiger partial charge is 0.312 e. The summed E-state index contributed by atoms with van der Waals surface area (Å²) in [6.07, 6.45) is 1.91. The number of thioether (sulfide) groups is 1. The van der Waals surface area contributed by atoms with Crippen molar-refractivity contribution in [1.82, 2.24) is 16.0 Å². The van der Waals surface area contributed by atoms with Crippen molar-refractivity contribution in [3.8, 4) is 0 Å². The number of hydrogen-bond acceptors (Lipinski definition) is 3. The van der Waals surface area contributed by atoms with Crippen molar-refractivity contribution in [3.63, 3.8) is 0 Å². The average molecular weight is 264 g/mol. The first-order valence-corrected chi connectivity index (χ1v) is 6.79. The van der Waals surface area contributed by atoms with Crippen molar-refractivity contribution in [3.05, 3.63) is 0 Å². The fourth-order valence-electron chi connectivity index (χ4n) is 1.17. The minimum absolute atomic E-state index is 0.193. The van der Waals surface area contributed by atoms with Gasteiger partial charge in [-0.2, -0.15) is 0 Å². The van der Waals surface area contributed by atoms with Gasteiger partial charge in [-0.25, -0.2) is 0 Å². The number of halogens is 1. The van der Waals surface area contributed by atoms with Gasteiger partial charge in [-0.1, -0.05) is 23.4 Å². The van der Waals surface area contributed by atoms with Crippen LogP contribution in [0.1, 0.15) is 20.8 Å². The predicted octanol–water partition coefficient (Wildman–Crippen LogP) is 1.12. The lowest BCUT2D eigenvalue weighted by Crippen LogP contribution is -2.67. The Hall–Kier alpha value is -0.620. The van der Waals surface area contributed by atoms with Crippen LogP contribution in [0.4, 0.5) is 0 Å². The number of guanidine groups is 2. The van der Waals surface area contributed by atoms with Crippen LogP contribution in [0.3, 0.4) is 0 Å². The second kappa shape index (κ2) is 5.63. The molecule has 0 spiro atoms. The fourth-order valence-corrected chi connectivity index (χ4v) is 1.75. The molecule has 1 saturated heterocycles. The molecule has 1 aliphatic rings. The van der Waals surface area contributed by atoms with Gasteiger partial charge in [0.1, 0.15) is 0 Å². The maximum absolute atomic E-state index is 6.31. The van der Waals surface area contributed by atoms with Gasteiger partial charge in [0, 0.05) is 12.6 Å². The van der Waals surface area contributed by atoms with E-state index in [4.69, 9.17) is 11.6 Å². The maximum Gasteiger partial charge on any atom is 0.240 e. The highest BCUT2D eigenvalue weighted by atomic mass is 35.5. The molecule has 1 unspecified atom stereocenters. The molecule has 16 heavy (non-hydrogen) atoms. The van der Waals surface area contributed by atoms with Crippen molar-refractivity contribution >= 4 is 35.3 Å². The van der Waals surface area contributed by atoms with Gasteiger partial charge in [-0.3, -0.25) is 15.3 Å². The molecule has 0 saturated carbocycles. The first-order chi connectivity index (χ1) is 7.49. The number of rotatable bonds is 3. The van der Waals surface area contributed by atoms with Gasteiger partial charge in [0.25, 0.3) is 0 Å². The molecule has 1 fully saturated rings. The van der Waals surface area contributed by atoms with Crippen LogP contribution in [-0.4, -0.2) is 35.2 Å². The summed E-state index contributed by atoms with van der Waals surface area (Å²) in [5.74, 6) is 1.29. The van der Waals surface area contributed by atoms with E-state index in [1.807, 2.05) is 27.0 Å². The van der Waals surface area contributed by atoms with Gasteiger partial charge >= 0.3 is 0 Å². The molecule has 0 aromatic carbocycles. The topological polar surface area (TPSA) is 60.8 Å². The average Bonchev–Trinajstić information content (AvgIpc) is 2.16. The number of nitrogens with one attached hydrogen (secondary N) is 3. The van der Waals surface area contributed by atoms with Crippen molar-refractivity contribution in [2.24, 2.45) is 9.98 Å². The molecule has 0 aromatic rings. The van der Waals surface area contributed by atoms with Gasteiger partial charge < -0.3 is 10.6 Å². The van der Waals surface area contributed by atoms with E-state index in [2.05, 4.69) is 25.9 Å². The normalized spacial score (nSPS) is 30.1. The summed E-state index contributed by atoms with van der Waals surface area (Å²) in [6, 6.07) is 0.193. The third-order valence-corrected chi connectivity index (χ3v) is 3.20. The van der Waals surface area contributed by atoms with E-state index < -0.39 is 4.45 Å². The Morgan fingerprint density at radius 1 is 1.38 bits per heavy atom. The molecule has 1 atom stereocenters.